The molecule has 1 amide bonds. The minimum absolute atomic E-state index is 0.0391. The fourth-order valence-corrected chi connectivity index (χ4v) is 3.10. The summed E-state index contributed by atoms with van der Waals surface area (Å²) in [7, 11) is -3.77. The second-order valence-electron chi connectivity index (χ2n) is 5.29. The molecule has 5 nitrogen and oxygen atoms in total. The van der Waals surface area contributed by atoms with Crippen LogP contribution >= 0.6 is 0 Å². The molecule has 2 rings (SSSR count). The summed E-state index contributed by atoms with van der Waals surface area (Å²) < 4.78 is 22.5. The lowest BCUT2D eigenvalue weighted by Crippen LogP contribution is -2.30. The molecular weight excluding hydrogens is 276 g/mol. The number of nitrogens with one attached hydrogen (secondary N) is 1. The average Bonchev–Trinajstić information content (AvgIpc) is 2.45. The van der Waals surface area contributed by atoms with Gasteiger partial charge in [-0.05, 0) is 37.0 Å². The van der Waals surface area contributed by atoms with Gasteiger partial charge < -0.3 is 5.32 Å². The lowest BCUT2D eigenvalue weighted by Gasteiger charge is -2.21. The van der Waals surface area contributed by atoms with Crippen LogP contribution < -0.4 is 10.5 Å². The van der Waals surface area contributed by atoms with Crippen molar-refractivity contribution in [3.05, 3.63) is 29.8 Å². The molecule has 0 spiro atoms. The Labute approximate surface area is 119 Å². The Kier molecular flexibility index (Phi) is 4.77. The van der Waals surface area contributed by atoms with Crippen LogP contribution in [0.1, 0.15) is 42.5 Å². The van der Waals surface area contributed by atoms with Gasteiger partial charge >= 0.3 is 0 Å². The van der Waals surface area contributed by atoms with Crippen molar-refractivity contribution in [3.63, 3.8) is 0 Å². The van der Waals surface area contributed by atoms with Gasteiger partial charge in [0.2, 0.25) is 10.0 Å². The molecular formula is C14H20N2O3S. The normalized spacial score (nSPS) is 16.9. The zero-order valence-electron chi connectivity index (χ0n) is 11.3. The van der Waals surface area contributed by atoms with E-state index in [-0.39, 0.29) is 10.8 Å². The number of benzene rings is 1. The van der Waals surface area contributed by atoms with E-state index in [1.807, 2.05) is 0 Å². The van der Waals surface area contributed by atoms with Crippen molar-refractivity contribution < 1.29 is 13.2 Å². The van der Waals surface area contributed by atoms with E-state index in [9.17, 15) is 13.2 Å². The van der Waals surface area contributed by atoms with Crippen LogP contribution in [0.25, 0.3) is 0 Å². The first-order valence-corrected chi connectivity index (χ1v) is 8.42. The highest BCUT2D eigenvalue weighted by atomic mass is 32.2. The van der Waals surface area contributed by atoms with Crippen LogP contribution in [0.2, 0.25) is 0 Å². The van der Waals surface area contributed by atoms with Crippen molar-refractivity contribution >= 4 is 15.9 Å². The first-order valence-electron chi connectivity index (χ1n) is 6.88. The molecule has 20 heavy (non-hydrogen) atoms. The van der Waals surface area contributed by atoms with E-state index >= 15 is 0 Å². The van der Waals surface area contributed by atoms with Crippen LogP contribution in [-0.2, 0) is 10.0 Å². The topological polar surface area (TPSA) is 89.3 Å². The zero-order valence-corrected chi connectivity index (χ0v) is 12.2. The highest BCUT2D eigenvalue weighted by Crippen LogP contribution is 2.22. The summed E-state index contributed by atoms with van der Waals surface area (Å²) in [5.41, 5.74) is 0.326. The van der Waals surface area contributed by atoms with Crippen molar-refractivity contribution in [2.75, 3.05) is 6.54 Å². The molecule has 0 atom stereocenters. The highest BCUT2D eigenvalue weighted by Gasteiger charge is 2.16. The summed E-state index contributed by atoms with van der Waals surface area (Å²) in [4.78, 5) is 12.0. The van der Waals surface area contributed by atoms with Crippen molar-refractivity contribution in [2.45, 2.75) is 37.0 Å². The van der Waals surface area contributed by atoms with Gasteiger partial charge in [0.1, 0.15) is 0 Å². The number of sulfonamides is 1. The Morgan fingerprint density at radius 3 is 2.60 bits per heavy atom. The van der Waals surface area contributed by atoms with E-state index in [2.05, 4.69) is 5.32 Å². The molecule has 1 aromatic carbocycles. The van der Waals surface area contributed by atoms with Crippen molar-refractivity contribution in [1.82, 2.24) is 5.32 Å². The van der Waals surface area contributed by atoms with Gasteiger partial charge in [0.15, 0.2) is 0 Å². The molecule has 0 heterocycles. The number of nitrogens with two attached hydrogens (primary N) is 1. The number of amides is 1. The third-order valence-corrected chi connectivity index (χ3v) is 4.61. The maximum Gasteiger partial charge on any atom is 0.251 e. The zero-order chi connectivity index (χ0) is 14.6. The van der Waals surface area contributed by atoms with E-state index in [1.54, 1.807) is 6.07 Å². The third-order valence-electron chi connectivity index (χ3n) is 3.70. The molecule has 0 aromatic heterocycles. The largest absolute Gasteiger partial charge is 0.352 e. The van der Waals surface area contributed by atoms with Gasteiger partial charge in [-0.2, -0.15) is 0 Å². The number of hydrogen-bond acceptors (Lipinski definition) is 3. The number of carbonyl (C=O) groups excluding carboxylic acids is 1. The number of carbonyl (C=O) groups is 1. The molecule has 1 fully saturated rings. The minimum Gasteiger partial charge on any atom is -0.352 e. The molecule has 1 saturated carbocycles. The predicted molar refractivity (Wildman–Crippen MR) is 76.7 cm³/mol. The van der Waals surface area contributed by atoms with Crippen LogP contribution in [0.3, 0.4) is 0 Å². The number of primary sulfonamides is 1. The molecule has 0 radical (unpaired) electrons. The molecule has 0 unspecified atom stereocenters. The van der Waals surface area contributed by atoms with Crippen LogP contribution in [0, 0.1) is 5.92 Å². The minimum atomic E-state index is -3.77. The SMILES string of the molecule is NS(=O)(=O)c1cccc(C(=O)NCC2CCCCC2)c1. The van der Waals surface area contributed by atoms with E-state index in [1.165, 1.54) is 37.5 Å². The molecule has 1 aliphatic rings. The van der Waals surface area contributed by atoms with E-state index in [0.29, 0.717) is 18.0 Å². The molecule has 0 saturated heterocycles. The Bertz CT molecular complexity index is 578. The second kappa shape index (κ2) is 6.37. The second-order valence-corrected chi connectivity index (χ2v) is 6.85. The molecule has 1 aliphatic carbocycles. The van der Waals surface area contributed by atoms with Gasteiger partial charge in [-0.3, -0.25) is 4.79 Å². The monoisotopic (exact) mass is 296 g/mol. The van der Waals surface area contributed by atoms with Crippen molar-refractivity contribution in [1.29, 1.82) is 0 Å². The summed E-state index contributed by atoms with van der Waals surface area (Å²) in [6.45, 7) is 0.651. The maximum atomic E-state index is 12.0. The Hall–Kier alpha value is -1.40. The molecule has 0 aliphatic heterocycles. The Morgan fingerprint density at radius 1 is 1.25 bits per heavy atom. The van der Waals surface area contributed by atoms with Gasteiger partial charge in [-0.15, -0.1) is 0 Å². The predicted octanol–water partition coefficient (Wildman–Crippen LogP) is 1.64. The smallest absolute Gasteiger partial charge is 0.251 e. The maximum absolute atomic E-state index is 12.0. The molecule has 0 bridgehead atoms. The van der Waals surface area contributed by atoms with Gasteiger partial charge in [-0.1, -0.05) is 25.3 Å². The average molecular weight is 296 g/mol. The van der Waals surface area contributed by atoms with Crippen LogP contribution in [0.4, 0.5) is 0 Å². The number of hydrogen-bond donors (Lipinski definition) is 2. The van der Waals surface area contributed by atoms with Crippen molar-refractivity contribution in [2.24, 2.45) is 11.1 Å². The summed E-state index contributed by atoms with van der Waals surface area (Å²) >= 11 is 0. The summed E-state index contributed by atoms with van der Waals surface area (Å²) in [6.07, 6.45) is 6.03. The quantitative estimate of drug-likeness (QED) is 0.885. The van der Waals surface area contributed by atoms with E-state index in [0.717, 1.165) is 12.8 Å². The standard InChI is InChI=1S/C14H20N2O3S/c15-20(18,19)13-8-4-7-12(9-13)14(17)16-10-11-5-2-1-3-6-11/h4,7-9,11H,1-3,5-6,10H2,(H,16,17)(H2,15,18,19). The van der Waals surface area contributed by atoms with Gasteiger partial charge in [0.25, 0.3) is 5.91 Å². The Morgan fingerprint density at radius 2 is 1.95 bits per heavy atom. The summed E-state index contributed by atoms with van der Waals surface area (Å²) in [5.74, 6) is 0.287. The molecule has 1 aromatic rings. The first-order chi connectivity index (χ1) is 9.47. The molecule has 3 N–H and O–H groups in total. The lowest BCUT2D eigenvalue weighted by molar-refractivity contribution is 0.0943. The van der Waals surface area contributed by atoms with Crippen LogP contribution in [-0.4, -0.2) is 20.9 Å². The fraction of sp³-hybridized carbons (Fsp3) is 0.500. The van der Waals surface area contributed by atoms with Gasteiger partial charge in [-0.25, -0.2) is 13.6 Å². The molecule has 6 heteroatoms. The lowest BCUT2D eigenvalue weighted by atomic mass is 9.89. The highest BCUT2D eigenvalue weighted by molar-refractivity contribution is 7.89. The van der Waals surface area contributed by atoms with Crippen LogP contribution in [0.5, 0.6) is 0 Å². The summed E-state index contributed by atoms with van der Waals surface area (Å²) in [6, 6.07) is 5.80. The van der Waals surface area contributed by atoms with E-state index in [4.69, 9.17) is 5.14 Å². The summed E-state index contributed by atoms with van der Waals surface area (Å²) in [5, 5.41) is 7.93. The number of rotatable bonds is 4. The van der Waals surface area contributed by atoms with E-state index < -0.39 is 10.0 Å². The van der Waals surface area contributed by atoms with Gasteiger partial charge in [0.05, 0.1) is 4.90 Å². The van der Waals surface area contributed by atoms with Crippen molar-refractivity contribution in [3.8, 4) is 0 Å². The Balaban J connectivity index is 1.98. The first kappa shape index (κ1) is 15.0. The van der Waals surface area contributed by atoms with Crippen LogP contribution in [0.15, 0.2) is 29.2 Å². The third kappa shape index (κ3) is 4.05. The molecule has 110 valence electrons. The van der Waals surface area contributed by atoms with Gasteiger partial charge in [0, 0.05) is 12.1 Å². The fourth-order valence-electron chi connectivity index (χ4n) is 2.54.